The Morgan fingerprint density at radius 3 is 2.54 bits per heavy atom. The molecule has 2 aromatic carbocycles. The number of anilines is 2. The number of benzene rings is 2. The smallest absolute Gasteiger partial charge is 0.262 e. The lowest BCUT2D eigenvalue weighted by Gasteiger charge is -2.18. The first-order valence-corrected chi connectivity index (χ1v) is 9.75. The molecule has 0 atom stereocenters. The normalized spacial score (nSPS) is 16.1. The molecule has 26 heavy (non-hydrogen) atoms. The quantitative estimate of drug-likeness (QED) is 0.862. The van der Waals surface area contributed by atoms with Crippen molar-refractivity contribution in [1.29, 1.82) is 0 Å². The van der Waals surface area contributed by atoms with Crippen LogP contribution < -0.4 is 14.8 Å². The summed E-state index contributed by atoms with van der Waals surface area (Å²) in [4.78, 5) is 12.4. The van der Waals surface area contributed by atoms with E-state index >= 15 is 0 Å². The Hall–Kier alpha value is -2.54. The molecule has 0 unspecified atom stereocenters. The highest BCUT2D eigenvalue weighted by Crippen LogP contribution is 2.35. The first-order valence-electron chi connectivity index (χ1n) is 8.27. The van der Waals surface area contributed by atoms with Gasteiger partial charge < -0.3 is 10.1 Å². The molecule has 0 saturated carbocycles. The van der Waals surface area contributed by atoms with Crippen LogP contribution in [0.1, 0.15) is 25.0 Å². The van der Waals surface area contributed by atoms with Crippen LogP contribution in [-0.4, -0.2) is 20.9 Å². The molecule has 1 heterocycles. The van der Waals surface area contributed by atoms with Crippen LogP contribution in [0.25, 0.3) is 0 Å². The van der Waals surface area contributed by atoms with E-state index in [1.165, 1.54) is 0 Å². The van der Waals surface area contributed by atoms with Crippen molar-refractivity contribution in [1.82, 2.24) is 0 Å². The molecule has 0 aromatic heterocycles. The molecule has 1 aliphatic heterocycles. The fourth-order valence-electron chi connectivity index (χ4n) is 2.73. The maximum absolute atomic E-state index is 12.7. The van der Waals surface area contributed by atoms with Crippen molar-refractivity contribution in [2.75, 3.05) is 16.6 Å². The minimum atomic E-state index is -3.72. The highest BCUT2D eigenvalue weighted by atomic mass is 32.2. The molecule has 0 spiro atoms. The number of rotatable bonds is 3. The minimum absolute atomic E-state index is 0.139. The molecule has 0 bridgehead atoms. The summed E-state index contributed by atoms with van der Waals surface area (Å²) >= 11 is 0. The second kappa shape index (κ2) is 6.32. The van der Waals surface area contributed by atoms with E-state index in [1.54, 1.807) is 51.1 Å². The van der Waals surface area contributed by atoms with Gasteiger partial charge in [0.15, 0.2) is 0 Å². The van der Waals surface area contributed by atoms with E-state index in [0.717, 1.165) is 5.56 Å². The number of hydrogen-bond donors (Lipinski definition) is 2. The summed E-state index contributed by atoms with van der Waals surface area (Å²) in [5.74, 6) is 0.296. The minimum Gasteiger partial charge on any atom is -0.490 e. The zero-order valence-corrected chi connectivity index (χ0v) is 16.0. The number of fused-ring (bicyclic) bond motifs is 1. The van der Waals surface area contributed by atoms with Gasteiger partial charge in [0.2, 0.25) is 5.91 Å². The molecule has 2 N–H and O–H groups in total. The Morgan fingerprint density at radius 2 is 1.85 bits per heavy atom. The van der Waals surface area contributed by atoms with Crippen molar-refractivity contribution in [3.8, 4) is 5.75 Å². The lowest BCUT2D eigenvalue weighted by atomic mass is 9.94. The van der Waals surface area contributed by atoms with Crippen molar-refractivity contribution in [2.45, 2.75) is 32.6 Å². The number of amides is 1. The standard InChI is InChI=1S/C19H22N2O4S/c1-12-5-8-17(13(2)9-12)26(23,24)21-14-6-7-15-16(10-14)25-11-19(3,4)18(22)20-15/h5-10,21H,11H2,1-4H3,(H,20,22). The second-order valence-corrected chi connectivity index (χ2v) is 8.86. The Kier molecular flexibility index (Phi) is 4.44. The molecule has 2 aromatic rings. The van der Waals surface area contributed by atoms with Gasteiger partial charge in [-0.25, -0.2) is 8.42 Å². The molecule has 3 rings (SSSR count). The zero-order chi connectivity index (χ0) is 19.1. The molecule has 0 fully saturated rings. The third-order valence-electron chi connectivity index (χ3n) is 4.31. The maximum atomic E-state index is 12.7. The molecule has 138 valence electrons. The van der Waals surface area contributed by atoms with Crippen molar-refractivity contribution >= 4 is 27.3 Å². The van der Waals surface area contributed by atoms with Crippen molar-refractivity contribution in [2.24, 2.45) is 5.41 Å². The number of sulfonamides is 1. The Bertz CT molecular complexity index is 981. The average molecular weight is 374 g/mol. The van der Waals surface area contributed by atoms with Gasteiger partial charge in [-0.15, -0.1) is 0 Å². The summed E-state index contributed by atoms with van der Waals surface area (Å²) in [5, 5.41) is 2.81. The largest absolute Gasteiger partial charge is 0.490 e. The average Bonchev–Trinajstić information content (AvgIpc) is 2.64. The van der Waals surface area contributed by atoms with E-state index < -0.39 is 15.4 Å². The second-order valence-electron chi connectivity index (χ2n) is 7.21. The predicted molar refractivity (Wildman–Crippen MR) is 101 cm³/mol. The molecule has 1 aliphatic rings. The number of ether oxygens (including phenoxy) is 1. The summed E-state index contributed by atoms with van der Waals surface area (Å²) in [5.41, 5.74) is 1.90. The van der Waals surface area contributed by atoms with Crippen LogP contribution in [0.3, 0.4) is 0 Å². The molecular formula is C19H22N2O4S. The zero-order valence-electron chi connectivity index (χ0n) is 15.2. The van der Waals surface area contributed by atoms with Gasteiger partial charge >= 0.3 is 0 Å². The van der Waals surface area contributed by atoms with E-state index in [2.05, 4.69) is 10.0 Å². The lowest BCUT2D eigenvalue weighted by Crippen LogP contribution is -2.33. The molecule has 0 radical (unpaired) electrons. The Morgan fingerprint density at radius 1 is 1.12 bits per heavy atom. The topological polar surface area (TPSA) is 84.5 Å². The van der Waals surface area contributed by atoms with Crippen molar-refractivity contribution in [3.05, 3.63) is 47.5 Å². The first-order chi connectivity index (χ1) is 12.1. The highest BCUT2D eigenvalue weighted by molar-refractivity contribution is 7.92. The summed E-state index contributed by atoms with van der Waals surface area (Å²) in [6.07, 6.45) is 0. The molecule has 0 aliphatic carbocycles. The van der Waals surface area contributed by atoms with E-state index in [9.17, 15) is 13.2 Å². The van der Waals surface area contributed by atoms with Gasteiger partial charge in [0, 0.05) is 6.07 Å². The third kappa shape index (κ3) is 3.53. The molecule has 7 heteroatoms. The fourth-order valence-corrected chi connectivity index (χ4v) is 4.01. The number of carbonyl (C=O) groups excluding carboxylic acids is 1. The van der Waals surface area contributed by atoms with Gasteiger partial charge in [0.1, 0.15) is 12.4 Å². The Labute approximate surface area is 153 Å². The number of nitrogens with one attached hydrogen (secondary N) is 2. The van der Waals surface area contributed by atoms with Crippen LogP contribution in [0.15, 0.2) is 41.3 Å². The SMILES string of the molecule is Cc1ccc(S(=O)(=O)Nc2ccc3c(c2)OCC(C)(C)C(=O)N3)c(C)c1. The van der Waals surface area contributed by atoms with Crippen molar-refractivity contribution in [3.63, 3.8) is 0 Å². The maximum Gasteiger partial charge on any atom is 0.262 e. The number of aryl methyl sites for hydroxylation is 2. The van der Waals surface area contributed by atoms with E-state index in [1.807, 2.05) is 13.0 Å². The Balaban J connectivity index is 1.90. The summed E-state index contributed by atoms with van der Waals surface area (Å²) in [6, 6.07) is 10.00. The fraction of sp³-hybridized carbons (Fsp3) is 0.316. The van der Waals surface area contributed by atoms with E-state index in [0.29, 0.717) is 22.7 Å². The van der Waals surface area contributed by atoms with Crippen LogP contribution in [0.4, 0.5) is 11.4 Å². The van der Waals surface area contributed by atoms with Crippen LogP contribution in [0.5, 0.6) is 5.75 Å². The highest BCUT2D eigenvalue weighted by Gasteiger charge is 2.32. The van der Waals surface area contributed by atoms with Crippen LogP contribution in [0, 0.1) is 19.3 Å². The lowest BCUT2D eigenvalue weighted by molar-refractivity contribution is -0.124. The van der Waals surface area contributed by atoms with Crippen LogP contribution in [-0.2, 0) is 14.8 Å². The van der Waals surface area contributed by atoms with Crippen LogP contribution >= 0.6 is 0 Å². The summed E-state index contributed by atoms with van der Waals surface area (Å²) in [7, 11) is -3.72. The molecule has 0 saturated heterocycles. The number of carbonyl (C=O) groups is 1. The van der Waals surface area contributed by atoms with E-state index in [4.69, 9.17) is 4.74 Å². The van der Waals surface area contributed by atoms with Gasteiger partial charge in [-0.3, -0.25) is 9.52 Å². The van der Waals surface area contributed by atoms with Gasteiger partial charge in [0.25, 0.3) is 10.0 Å². The third-order valence-corrected chi connectivity index (χ3v) is 5.85. The number of hydrogen-bond acceptors (Lipinski definition) is 4. The monoisotopic (exact) mass is 374 g/mol. The van der Waals surface area contributed by atoms with Crippen LogP contribution in [0.2, 0.25) is 0 Å². The summed E-state index contributed by atoms with van der Waals surface area (Å²) in [6.45, 7) is 7.46. The molecular weight excluding hydrogens is 352 g/mol. The first kappa shape index (κ1) is 18.3. The van der Waals surface area contributed by atoms with Gasteiger partial charge in [-0.05, 0) is 51.5 Å². The van der Waals surface area contributed by atoms with Gasteiger partial charge in [-0.1, -0.05) is 17.7 Å². The van der Waals surface area contributed by atoms with Gasteiger partial charge in [0.05, 0.1) is 21.7 Å². The predicted octanol–water partition coefficient (Wildman–Crippen LogP) is 3.46. The van der Waals surface area contributed by atoms with Crippen molar-refractivity contribution < 1.29 is 17.9 Å². The van der Waals surface area contributed by atoms with E-state index in [-0.39, 0.29) is 17.4 Å². The van der Waals surface area contributed by atoms with Gasteiger partial charge in [-0.2, -0.15) is 0 Å². The molecule has 1 amide bonds. The summed E-state index contributed by atoms with van der Waals surface area (Å²) < 4.78 is 33.7. The molecule has 6 nitrogen and oxygen atoms in total.